The van der Waals surface area contributed by atoms with Gasteiger partial charge in [0.05, 0.1) is 12.7 Å². The summed E-state index contributed by atoms with van der Waals surface area (Å²) in [6.07, 6.45) is 6.58. The van der Waals surface area contributed by atoms with Crippen LogP contribution in [0, 0.1) is 0 Å². The second-order valence-electron chi connectivity index (χ2n) is 8.19. The number of hydrogen-bond acceptors (Lipinski definition) is 5. The summed E-state index contributed by atoms with van der Waals surface area (Å²) in [6.45, 7) is 5.46. The highest BCUT2D eigenvalue weighted by atomic mass is 16.5. The lowest BCUT2D eigenvalue weighted by molar-refractivity contribution is -0.117. The van der Waals surface area contributed by atoms with Gasteiger partial charge < -0.3 is 15.8 Å². The summed E-state index contributed by atoms with van der Waals surface area (Å²) < 4.78 is 6.00. The lowest BCUT2D eigenvalue weighted by Gasteiger charge is -2.38. The molecule has 6 heteroatoms. The fourth-order valence-corrected chi connectivity index (χ4v) is 4.11. The third kappa shape index (κ3) is 4.89. The number of benzene rings is 1. The number of nitrogens with one attached hydrogen (secondary N) is 1. The molecule has 1 saturated heterocycles. The van der Waals surface area contributed by atoms with Gasteiger partial charge in [-0.1, -0.05) is 30.3 Å². The number of amides is 1. The standard InChI is InChI=1S/C24H30N4O2/c1-17-16-30-22(20-8-9-23(25)27-14-20)15-28(17)11-5-4-10-26-24(29)21-12-18-6-2-3-7-19(18)13-21/h2-3,6-9,12,14,17,22H,4-5,10-11,13,15-16H2,1H3,(H2,25,27)(H,26,29)/t17-,22-/m0/s1. The molecule has 2 heterocycles. The predicted octanol–water partition coefficient (Wildman–Crippen LogP) is 2.96. The van der Waals surface area contributed by atoms with E-state index in [2.05, 4.69) is 34.3 Å². The molecule has 6 nitrogen and oxygen atoms in total. The number of pyridine rings is 1. The third-order valence-corrected chi connectivity index (χ3v) is 5.96. The minimum absolute atomic E-state index is 0.0324. The van der Waals surface area contributed by atoms with Crippen molar-refractivity contribution in [3.8, 4) is 0 Å². The molecule has 0 unspecified atom stereocenters. The normalized spacial score (nSPS) is 21.2. The van der Waals surface area contributed by atoms with Gasteiger partial charge in [-0.2, -0.15) is 0 Å². The molecule has 2 aliphatic rings. The van der Waals surface area contributed by atoms with Gasteiger partial charge >= 0.3 is 0 Å². The number of nitrogen functional groups attached to an aromatic ring is 1. The molecule has 0 radical (unpaired) electrons. The van der Waals surface area contributed by atoms with Crippen LogP contribution in [0.4, 0.5) is 5.82 Å². The van der Waals surface area contributed by atoms with Crippen molar-refractivity contribution in [3.05, 3.63) is 64.9 Å². The number of hydrogen-bond donors (Lipinski definition) is 2. The number of anilines is 1. The van der Waals surface area contributed by atoms with Crippen molar-refractivity contribution in [1.82, 2.24) is 15.2 Å². The number of nitrogens with two attached hydrogens (primary N) is 1. The van der Waals surface area contributed by atoms with Crippen LogP contribution in [0.1, 0.15) is 42.6 Å². The number of rotatable bonds is 7. The summed E-state index contributed by atoms with van der Waals surface area (Å²) in [5.41, 5.74) is 10.0. The van der Waals surface area contributed by atoms with Crippen LogP contribution < -0.4 is 11.1 Å². The highest BCUT2D eigenvalue weighted by Crippen LogP contribution is 2.26. The average Bonchev–Trinajstić information content (AvgIpc) is 3.20. The Kier molecular flexibility index (Phi) is 6.45. The monoisotopic (exact) mass is 406 g/mol. The zero-order valence-corrected chi connectivity index (χ0v) is 17.5. The van der Waals surface area contributed by atoms with E-state index in [4.69, 9.17) is 10.5 Å². The Morgan fingerprint density at radius 2 is 2.13 bits per heavy atom. The Morgan fingerprint density at radius 1 is 1.27 bits per heavy atom. The fraction of sp³-hybridized carbons (Fsp3) is 0.417. The quantitative estimate of drug-likeness (QED) is 0.691. The Bertz CT molecular complexity index is 910. The van der Waals surface area contributed by atoms with Crippen LogP contribution in [-0.4, -0.2) is 48.1 Å². The van der Waals surface area contributed by atoms with E-state index in [-0.39, 0.29) is 12.0 Å². The van der Waals surface area contributed by atoms with Crippen LogP contribution in [0.15, 0.2) is 48.2 Å². The summed E-state index contributed by atoms with van der Waals surface area (Å²) in [4.78, 5) is 19.1. The van der Waals surface area contributed by atoms with Gasteiger partial charge in [-0.25, -0.2) is 4.98 Å². The molecule has 2 aromatic rings. The number of morpholine rings is 1. The molecule has 3 N–H and O–H groups in total. The Morgan fingerprint density at radius 3 is 2.93 bits per heavy atom. The van der Waals surface area contributed by atoms with Crippen LogP contribution in [0.2, 0.25) is 0 Å². The summed E-state index contributed by atoms with van der Waals surface area (Å²) in [6, 6.07) is 12.4. The van der Waals surface area contributed by atoms with Gasteiger partial charge in [0.25, 0.3) is 0 Å². The molecule has 1 aromatic heterocycles. The molecule has 1 fully saturated rings. The molecule has 0 bridgehead atoms. The first kappa shape index (κ1) is 20.6. The molecule has 1 aromatic carbocycles. The highest BCUT2D eigenvalue weighted by molar-refractivity contribution is 6.00. The molecule has 1 aliphatic heterocycles. The van der Waals surface area contributed by atoms with Crippen molar-refractivity contribution < 1.29 is 9.53 Å². The Labute approximate surface area is 178 Å². The van der Waals surface area contributed by atoms with Gasteiger partial charge in [0.15, 0.2) is 0 Å². The van der Waals surface area contributed by atoms with Gasteiger partial charge in [0.2, 0.25) is 5.91 Å². The third-order valence-electron chi connectivity index (χ3n) is 5.96. The second kappa shape index (κ2) is 9.41. The Balaban J connectivity index is 1.19. The molecule has 0 spiro atoms. The first-order valence-electron chi connectivity index (χ1n) is 10.7. The molecule has 0 saturated carbocycles. The first-order chi connectivity index (χ1) is 14.6. The van der Waals surface area contributed by atoms with E-state index < -0.39 is 0 Å². The van der Waals surface area contributed by atoms with E-state index in [0.717, 1.165) is 49.1 Å². The topological polar surface area (TPSA) is 80.5 Å². The first-order valence-corrected chi connectivity index (χ1v) is 10.7. The maximum Gasteiger partial charge on any atom is 0.247 e. The van der Waals surface area contributed by atoms with Crippen molar-refractivity contribution in [3.63, 3.8) is 0 Å². The van der Waals surface area contributed by atoms with Gasteiger partial charge in [-0.3, -0.25) is 9.69 Å². The molecular formula is C24H30N4O2. The van der Waals surface area contributed by atoms with Crippen LogP contribution in [-0.2, 0) is 16.0 Å². The van der Waals surface area contributed by atoms with Crippen LogP contribution >= 0.6 is 0 Å². The number of nitrogens with zero attached hydrogens (tertiary/aromatic N) is 2. The van der Waals surface area contributed by atoms with E-state index in [1.54, 1.807) is 6.20 Å². The zero-order chi connectivity index (χ0) is 20.9. The number of unbranched alkanes of at least 4 members (excludes halogenated alkanes) is 1. The second-order valence-corrected chi connectivity index (χ2v) is 8.19. The maximum atomic E-state index is 12.4. The number of aromatic nitrogens is 1. The van der Waals surface area contributed by atoms with Crippen molar-refractivity contribution in [1.29, 1.82) is 0 Å². The number of ether oxygens (including phenoxy) is 1. The predicted molar refractivity (Wildman–Crippen MR) is 119 cm³/mol. The number of fused-ring (bicyclic) bond motifs is 1. The lowest BCUT2D eigenvalue weighted by Crippen LogP contribution is -2.45. The maximum absolute atomic E-state index is 12.4. The smallest absolute Gasteiger partial charge is 0.247 e. The van der Waals surface area contributed by atoms with Crippen molar-refractivity contribution in [2.75, 3.05) is 32.0 Å². The SMILES string of the molecule is C[C@H]1CO[C@H](c2ccc(N)nc2)CN1CCCCNC(=O)C1=Cc2ccccc2C1. The molecule has 1 aliphatic carbocycles. The van der Waals surface area contributed by atoms with Crippen molar-refractivity contribution >= 4 is 17.8 Å². The molecule has 4 rings (SSSR count). The molecule has 2 atom stereocenters. The van der Waals surface area contributed by atoms with Crippen LogP contribution in [0.3, 0.4) is 0 Å². The van der Waals surface area contributed by atoms with Gasteiger partial charge in [-0.05, 0) is 49.6 Å². The van der Waals surface area contributed by atoms with Crippen molar-refractivity contribution in [2.45, 2.75) is 38.3 Å². The fourth-order valence-electron chi connectivity index (χ4n) is 4.11. The largest absolute Gasteiger partial charge is 0.384 e. The summed E-state index contributed by atoms with van der Waals surface area (Å²) in [5.74, 6) is 0.584. The number of carbonyl (C=O) groups excluding carboxylic acids is 1. The highest BCUT2D eigenvalue weighted by Gasteiger charge is 2.27. The number of carbonyl (C=O) groups is 1. The average molecular weight is 407 g/mol. The summed E-state index contributed by atoms with van der Waals surface area (Å²) in [7, 11) is 0. The van der Waals surface area contributed by atoms with E-state index >= 15 is 0 Å². The minimum atomic E-state index is 0.0324. The van der Waals surface area contributed by atoms with E-state index in [0.29, 0.717) is 25.0 Å². The van der Waals surface area contributed by atoms with Crippen molar-refractivity contribution in [2.24, 2.45) is 0 Å². The molecule has 158 valence electrons. The molecular weight excluding hydrogens is 376 g/mol. The van der Waals surface area contributed by atoms with E-state index in [9.17, 15) is 4.79 Å². The van der Waals surface area contributed by atoms with Crippen LogP contribution in [0.5, 0.6) is 0 Å². The minimum Gasteiger partial charge on any atom is -0.384 e. The lowest BCUT2D eigenvalue weighted by atomic mass is 10.1. The zero-order valence-electron chi connectivity index (χ0n) is 17.5. The van der Waals surface area contributed by atoms with E-state index in [1.165, 1.54) is 5.56 Å². The van der Waals surface area contributed by atoms with E-state index in [1.807, 2.05) is 30.3 Å². The Hall–Kier alpha value is -2.70. The summed E-state index contributed by atoms with van der Waals surface area (Å²) >= 11 is 0. The van der Waals surface area contributed by atoms with Gasteiger partial charge in [0, 0.05) is 42.9 Å². The van der Waals surface area contributed by atoms with Crippen LogP contribution in [0.25, 0.3) is 6.08 Å². The summed E-state index contributed by atoms with van der Waals surface area (Å²) in [5, 5.41) is 3.08. The molecule has 30 heavy (non-hydrogen) atoms. The van der Waals surface area contributed by atoms with Gasteiger partial charge in [0.1, 0.15) is 5.82 Å². The van der Waals surface area contributed by atoms with Gasteiger partial charge in [-0.15, -0.1) is 0 Å². The molecule has 1 amide bonds.